The number of anilines is 2. The van der Waals surface area contributed by atoms with Gasteiger partial charge in [-0.25, -0.2) is 4.39 Å². The highest BCUT2D eigenvalue weighted by atomic mass is 35.5. The largest absolute Gasteiger partial charge is 0.481 e. The second kappa shape index (κ2) is 5.92. The highest BCUT2D eigenvalue weighted by molar-refractivity contribution is 6.33. The van der Waals surface area contributed by atoms with E-state index in [1.165, 1.54) is 24.3 Å². The first-order valence-electron chi connectivity index (χ1n) is 7.57. The molecule has 3 nitrogen and oxygen atoms in total. The zero-order chi connectivity index (χ0) is 18.1. The number of benzene rings is 2. The summed E-state index contributed by atoms with van der Waals surface area (Å²) in [4.78, 5) is 11.6. The molecule has 0 bridgehead atoms. The molecule has 20 heavy (non-hydrogen) atoms. The number of halogens is 2. The summed E-state index contributed by atoms with van der Waals surface area (Å²) in [5.74, 6) is -2.21. The number of nitrogens with one attached hydrogen (secondary N) is 1. The Bertz CT molecular complexity index is 768. The standard InChI is InChI=1S/C15H13ClFNO2/c1-9-5-6-13(10(7-9)8-14(19)20)18-15-11(16)3-2-4-12(15)17/h2-7,18H,8H2,1H3,(H,19,20)/i8D2/hD2. The first-order chi connectivity index (χ1) is 11.2. The molecule has 0 aliphatic heterocycles. The van der Waals surface area contributed by atoms with E-state index in [1.807, 2.05) is 0 Å². The lowest BCUT2D eigenvalue weighted by Gasteiger charge is -2.13. The number of aliphatic carboxylic acids is 1. The molecule has 0 heterocycles. The zero-order valence-electron chi connectivity index (χ0n) is 14.5. The Labute approximate surface area is 126 Å². The summed E-state index contributed by atoms with van der Waals surface area (Å²) in [5, 5.41) is 4.32. The van der Waals surface area contributed by atoms with E-state index in [1.54, 1.807) is 13.0 Å². The summed E-state index contributed by atoms with van der Waals surface area (Å²) < 4.78 is 44.7. The molecule has 0 unspecified atom stereocenters. The second-order valence-electron chi connectivity index (χ2n) is 4.12. The van der Waals surface area contributed by atoms with Crippen LogP contribution < -0.4 is 5.31 Å². The van der Waals surface area contributed by atoms with Crippen LogP contribution in [0.2, 0.25) is 6.43 Å². The van der Waals surface area contributed by atoms with Crippen LogP contribution in [-0.4, -0.2) is 11.1 Å². The van der Waals surface area contributed by atoms with Gasteiger partial charge in [0.2, 0.25) is 0 Å². The molecule has 0 aliphatic rings. The van der Waals surface area contributed by atoms with Crippen molar-refractivity contribution in [3.8, 4) is 0 Å². The normalized spacial score (nSPS) is 13.8. The van der Waals surface area contributed by atoms with Crippen LogP contribution in [0.25, 0.3) is 1.43 Å². The smallest absolute Gasteiger partial charge is 0.307 e. The fraction of sp³-hybridized carbons (Fsp3) is 0.133. The van der Waals surface area contributed by atoms with Crippen molar-refractivity contribution in [2.45, 2.75) is 13.3 Å². The van der Waals surface area contributed by atoms with Crippen LogP contribution in [-0.2, 0) is 11.2 Å². The molecule has 0 aromatic heterocycles. The first-order valence-corrected chi connectivity index (χ1v) is 6.09. The third-order valence-corrected chi connectivity index (χ3v) is 2.86. The van der Waals surface area contributed by atoms with Crippen LogP contribution in [0.1, 0.15) is 13.9 Å². The molecular formula is C15H13ClFNO2. The third kappa shape index (κ3) is 3.27. The van der Waals surface area contributed by atoms with Gasteiger partial charge in [-0.2, -0.15) is 0 Å². The highest BCUT2D eigenvalue weighted by Gasteiger charge is 2.11. The van der Waals surface area contributed by atoms with Crippen molar-refractivity contribution < 1.29 is 18.4 Å². The zero-order valence-corrected chi connectivity index (χ0v) is 11.2. The van der Waals surface area contributed by atoms with Gasteiger partial charge in [0.15, 0.2) is 1.41 Å². The Morgan fingerprint density at radius 2 is 2.35 bits per heavy atom. The van der Waals surface area contributed by atoms with E-state index in [2.05, 4.69) is 5.11 Å². The van der Waals surface area contributed by atoms with Crippen molar-refractivity contribution in [2.75, 3.05) is 5.31 Å². The summed E-state index contributed by atoms with van der Waals surface area (Å²) in [6.07, 6.45) is -2.69. The average Bonchev–Trinajstić information content (AvgIpc) is 2.53. The van der Waals surface area contributed by atoms with Gasteiger partial charge < -0.3 is 10.4 Å². The maximum atomic E-state index is 14.1. The Hall–Kier alpha value is -2.07. The van der Waals surface area contributed by atoms with E-state index < -0.39 is 18.2 Å². The molecule has 2 aromatic rings. The van der Waals surface area contributed by atoms with Gasteiger partial charge >= 0.3 is 5.97 Å². The maximum absolute atomic E-state index is 14.1. The van der Waals surface area contributed by atoms with Crippen LogP contribution in [0.4, 0.5) is 15.8 Å². The number of aryl methyl sites for hydroxylation is 1. The van der Waals surface area contributed by atoms with E-state index in [9.17, 15) is 9.18 Å². The van der Waals surface area contributed by atoms with E-state index in [-0.39, 0.29) is 22.0 Å². The van der Waals surface area contributed by atoms with Crippen molar-refractivity contribution in [3.05, 3.63) is 58.4 Å². The SMILES string of the molecule is [2H]OC(=O)C([2H])([2H])c1cc(C)ccc1N([2H])c1c(F)cccc1Cl. The predicted octanol–water partition coefficient (Wildman–Crippen LogP) is 4.16. The van der Waals surface area contributed by atoms with Crippen molar-refractivity contribution in [3.63, 3.8) is 0 Å². The Kier molecular flexibility index (Phi) is 2.90. The minimum Gasteiger partial charge on any atom is -0.481 e. The first kappa shape index (κ1) is 9.77. The quantitative estimate of drug-likeness (QED) is 0.891. The lowest BCUT2D eigenvalue weighted by molar-refractivity contribution is -0.136. The van der Waals surface area contributed by atoms with Crippen LogP contribution in [0.3, 0.4) is 0 Å². The molecule has 0 aliphatic carbocycles. The summed E-state index contributed by atoms with van der Waals surface area (Å²) >= 11 is 5.94. The maximum Gasteiger partial charge on any atom is 0.307 e. The average molecular weight is 298 g/mol. The molecule has 2 aromatic carbocycles. The highest BCUT2D eigenvalue weighted by Crippen LogP contribution is 2.30. The van der Waals surface area contributed by atoms with Crippen LogP contribution in [0, 0.1) is 12.7 Å². The number of hydrogen-bond acceptors (Lipinski definition) is 3. The van der Waals surface area contributed by atoms with Gasteiger partial charge in [-0.05, 0) is 30.7 Å². The fourth-order valence-corrected chi connectivity index (χ4v) is 1.88. The monoisotopic (exact) mass is 297 g/mol. The molecular weight excluding hydrogens is 281 g/mol. The predicted molar refractivity (Wildman–Crippen MR) is 77.2 cm³/mol. The molecule has 0 fully saturated rings. The number of hydrogen-bond donors (Lipinski definition) is 2. The number of para-hydroxylation sites is 1. The molecule has 0 spiro atoms. The molecule has 0 radical (unpaired) electrons. The molecule has 0 saturated carbocycles. The van der Waals surface area contributed by atoms with Crippen molar-refractivity contribution in [2.24, 2.45) is 0 Å². The second-order valence-corrected chi connectivity index (χ2v) is 4.52. The van der Waals surface area contributed by atoms with Crippen LogP contribution >= 0.6 is 11.6 Å². The molecule has 0 amide bonds. The van der Waals surface area contributed by atoms with Crippen LogP contribution in [0.5, 0.6) is 0 Å². The molecule has 0 saturated heterocycles. The van der Waals surface area contributed by atoms with Crippen molar-refractivity contribution >= 4 is 28.9 Å². The summed E-state index contributed by atoms with van der Waals surface area (Å²) in [6, 6.07) is 8.17. The Morgan fingerprint density at radius 3 is 3.05 bits per heavy atom. The summed E-state index contributed by atoms with van der Waals surface area (Å²) in [5.41, 5.74) is 0.0137. The minimum absolute atomic E-state index is 0.0415. The number of rotatable bonds is 4. The number of carboxylic acid groups (broad SMARTS) is 1. The van der Waals surface area contributed by atoms with E-state index in [4.69, 9.17) is 17.2 Å². The van der Waals surface area contributed by atoms with Gasteiger partial charge in [-0.3, -0.25) is 4.79 Å². The Morgan fingerprint density at radius 1 is 1.55 bits per heavy atom. The summed E-state index contributed by atoms with van der Waals surface area (Å²) in [7, 11) is 0. The van der Waals surface area contributed by atoms with Gasteiger partial charge in [0.05, 0.1) is 17.1 Å². The molecule has 2 N–H and O–H groups in total. The summed E-state index contributed by atoms with van der Waals surface area (Å²) in [6.45, 7) is 1.67. The van der Waals surface area contributed by atoms with Gasteiger partial charge in [0.1, 0.15) is 5.82 Å². The molecule has 104 valence electrons. The molecule has 0 atom stereocenters. The van der Waals surface area contributed by atoms with Crippen molar-refractivity contribution in [1.82, 2.24) is 0 Å². The minimum atomic E-state index is -2.69. The number of carbonyl (C=O) groups is 1. The Balaban J connectivity index is 2.65. The third-order valence-electron chi connectivity index (χ3n) is 2.56. The van der Waals surface area contributed by atoms with Gasteiger partial charge in [0, 0.05) is 8.43 Å². The van der Waals surface area contributed by atoms with E-state index in [0.29, 0.717) is 10.9 Å². The van der Waals surface area contributed by atoms with Gasteiger partial charge in [-0.15, -0.1) is 0 Å². The lowest BCUT2D eigenvalue weighted by atomic mass is 10.1. The fourth-order valence-electron chi connectivity index (χ4n) is 1.67. The van der Waals surface area contributed by atoms with Gasteiger partial charge in [0.25, 0.3) is 1.43 Å². The van der Waals surface area contributed by atoms with E-state index >= 15 is 0 Å². The lowest BCUT2D eigenvalue weighted by Crippen LogP contribution is -2.05. The van der Waals surface area contributed by atoms with Crippen molar-refractivity contribution in [1.29, 1.82) is 1.43 Å². The topological polar surface area (TPSA) is 49.3 Å². The van der Waals surface area contributed by atoms with E-state index in [0.717, 1.165) is 6.07 Å². The number of carboxylic acids is 1. The van der Waals surface area contributed by atoms with Gasteiger partial charge in [-0.1, -0.05) is 35.4 Å². The molecule has 5 heteroatoms. The molecule has 2 rings (SSSR count). The van der Waals surface area contributed by atoms with Crippen LogP contribution in [0.15, 0.2) is 36.4 Å².